The van der Waals surface area contributed by atoms with Crippen LogP contribution in [0.1, 0.15) is 31.2 Å². The highest BCUT2D eigenvalue weighted by molar-refractivity contribution is 6.33. The van der Waals surface area contributed by atoms with Crippen LogP contribution >= 0.6 is 11.6 Å². The molecular formula is C13H17ClN2O. The summed E-state index contributed by atoms with van der Waals surface area (Å²) in [6, 6.07) is 5.55. The van der Waals surface area contributed by atoms with E-state index in [0.29, 0.717) is 10.7 Å². The van der Waals surface area contributed by atoms with Gasteiger partial charge in [-0.1, -0.05) is 30.5 Å². The second-order valence-corrected chi connectivity index (χ2v) is 5.21. The zero-order valence-electron chi connectivity index (χ0n) is 9.92. The maximum absolute atomic E-state index is 12.1. The molecule has 1 fully saturated rings. The van der Waals surface area contributed by atoms with Gasteiger partial charge < -0.3 is 11.1 Å². The molecule has 0 bridgehead atoms. The summed E-state index contributed by atoms with van der Waals surface area (Å²) in [6.45, 7) is 1.96. The number of nitrogens with two attached hydrogens (primary N) is 1. The number of benzene rings is 1. The number of hydrogen-bond donors (Lipinski definition) is 2. The summed E-state index contributed by atoms with van der Waals surface area (Å²) in [5, 5.41) is 3.38. The molecule has 1 aromatic rings. The molecule has 0 radical (unpaired) electrons. The second kappa shape index (κ2) is 4.67. The van der Waals surface area contributed by atoms with Crippen LogP contribution in [0.15, 0.2) is 18.2 Å². The summed E-state index contributed by atoms with van der Waals surface area (Å²) in [5.74, 6) is -0.123. The summed E-state index contributed by atoms with van der Waals surface area (Å²) in [7, 11) is 0. The molecule has 0 spiro atoms. The van der Waals surface area contributed by atoms with Crippen LogP contribution < -0.4 is 11.1 Å². The summed E-state index contributed by atoms with van der Waals surface area (Å²) in [4.78, 5) is 12.1. The molecule has 3 nitrogen and oxygen atoms in total. The van der Waals surface area contributed by atoms with E-state index in [2.05, 4.69) is 5.32 Å². The van der Waals surface area contributed by atoms with Crippen LogP contribution in [0.5, 0.6) is 0 Å². The largest absolute Gasteiger partial charge is 0.323 e. The molecule has 1 amide bonds. The topological polar surface area (TPSA) is 55.1 Å². The number of nitrogens with one attached hydrogen (secondary N) is 1. The third kappa shape index (κ3) is 2.61. The molecule has 1 saturated carbocycles. The van der Waals surface area contributed by atoms with Gasteiger partial charge in [0.2, 0.25) is 5.91 Å². The SMILES string of the molecule is Cc1ccc(Cl)c(NC(=O)C2(N)CCCC2)c1. The van der Waals surface area contributed by atoms with Gasteiger partial charge in [-0.05, 0) is 37.5 Å². The third-order valence-corrected chi connectivity index (χ3v) is 3.65. The van der Waals surface area contributed by atoms with Gasteiger partial charge >= 0.3 is 0 Å². The molecule has 0 aromatic heterocycles. The minimum Gasteiger partial charge on any atom is -0.323 e. The minimum atomic E-state index is -0.715. The number of anilines is 1. The Bertz CT molecular complexity index is 439. The smallest absolute Gasteiger partial charge is 0.244 e. The highest BCUT2D eigenvalue weighted by Crippen LogP contribution is 2.30. The van der Waals surface area contributed by atoms with E-state index in [1.807, 2.05) is 19.1 Å². The van der Waals surface area contributed by atoms with Crippen molar-refractivity contribution >= 4 is 23.2 Å². The number of hydrogen-bond acceptors (Lipinski definition) is 2. The molecule has 0 atom stereocenters. The van der Waals surface area contributed by atoms with Crippen molar-refractivity contribution in [3.63, 3.8) is 0 Å². The van der Waals surface area contributed by atoms with Gasteiger partial charge in [-0.25, -0.2) is 0 Å². The van der Waals surface area contributed by atoms with Crippen molar-refractivity contribution in [1.82, 2.24) is 0 Å². The Morgan fingerprint density at radius 1 is 1.41 bits per heavy atom. The van der Waals surface area contributed by atoms with E-state index in [0.717, 1.165) is 31.2 Å². The van der Waals surface area contributed by atoms with Gasteiger partial charge in [-0.15, -0.1) is 0 Å². The number of carbonyl (C=O) groups excluding carboxylic acids is 1. The van der Waals surface area contributed by atoms with E-state index < -0.39 is 5.54 Å². The lowest BCUT2D eigenvalue weighted by Gasteiger charge is -2.22. The van der Waals surface area contributed by atoms with Crippen molar-refractivity contribution in [2.75, 3.05) is 5.32 Å². The summed E-state index contributed by atoms with van der Waals surface area (Å²) >= 11 is 6.04. The lowest BCUT2D eigenvalue weighted by atomic mass is 9.98. The molecule has 3 N–H and O–H groups in total. The number of rotatable bonds is 2. The van der Waals surface area contributed by atoms with E-state index in [4.69, 9.17) is 17.3 Å². The van der Waals surface area contributed by atoms with Crippen LogP contribution in [-0.2, 0) is 4.79 Å². The predicted molar refractivity (Wildman–Crippen MR) is 70.2 cm³/mol. The second-order valence-electron chi connectivity index (χ2n) is 4.80. The molecule has 0 saturated heterocycles. The Balaban J connectivity index is 2.15. The van der Waals surface area contributed by atoms with Gasteiger partial charge in [0.1, 0.15) is 0 Å². The Kier molecular flexibility index (Phi) is 3.40. The molecule has 0 heterocycles. The number of amides is 1. The maximum Gasteiger partial charge on any atom is 0.244 e. The number of carbonyl (C=O) groups is 1. The van der Waals surface area contributed by atoms with Gasteiger partial charge in [0, 0.05) is 0 Å². The first-order valence-corrected chi connectivity index (χ1v) is 6.25. The molecule has 1 aliphatic carbocycles. The summed E-state index contributed by atoms with van der Waals surface area (Å²) < 4.78 is 0. The van der Waals surface area contributed by atoms with E-state index in [1.54, 1.807) is 6.07 Å². The fourth-order valence-electron chi connectivity index (χ4n) is 2.21. The van der Waals surface area contributed by atoms with Crippen molar-refractivity contribution in [3.05, 3.63) is 28.8 Å². The van der Waals surface area contributed by atoms with E-state index >= 15 is 0 Å². The zero-order chi connectivity index (χ0) is 12.5. The summed E-state index contributed by atoms with van der Waals surface area (Å²) in [6.07, 6.45) is 3.54. The first-order chi connectivity index (χ1) is 8.01. The molecule has 0 unspecified atom stereocenters. The average molecular weight is 253 g/mol. The fraction of sp³-hybridized carbons (Fsp3) is 0.462. The standard InChI is InChI=1S/C13H17ClN2O/c1-9-4-5-10(14)11(8-9)16-12(17)13(15)6-2-3-7-13/h4-5,8H,2-3,6-7,15H2,1H3,(H,16,17). The van der Waals surface area contributed by atoms with Gasteiger partial charge in [-0.3, -0.25) is 4.79 Å². The summed E-state index contributed by atoms with van der Waals surface area (Å²) in [5.41, 5.74) is 7.07. The van der Waals surface area contributed by atoms with Crippen LogP contribution in [0.25, 0.3) is 0 Å². The zero-order valence-corrected chi connectivity index (χ0v) is 10.7. The average Bonchev–Trinajstić information content (AvgIpc) is 2.72. The monoisotopic (exact) mass is 252 g/mol. The fourth-order valence-corrected chi connectivity index (χ4v) is 2.38. The van der Waals surface area contributed by atoms with Crippen LogP contribution in [0.3, 0.4) is 0 Å². The lowest BCUT2D eigenvalue weighted by molar-refractivity contribution is -0.121. The predicted octanol–water partition coefficient (Wildman–Crippen LogP) is 2.86. The Morgan fingerprint density at radius 3 is 2.71 bits per heavy atom. The molecule has 0 aliphatic heterocycles. The van der Waals surface area contributed by atoms with Crippen molar-refractivity contribution in [2.24, 2.45) is 5.73 Å². The van der Waals surface area contributed by atoms with E-state index in [-0.39, 0.29) is 5.91 Å². The van der Waals surface area contributed by atoms with Crippen LogP contribution in [0, 0.1) is 6.92 Å². The number of halogens is 1. The van der Waals surface area contributed by atoms with E-state index in [9.17, 15) is 4.79 Å². The van der Waals surface area contributed by atoms with Crippen LogP contribution in [0.2, 0.25) is 5.02 Å². The van der Waals surface area contributed by atoms with Crippen LogP contribution in [0.4, 0.5) is 5.69 Å². The van der Waals surface area contributed by atoms with Gasteiger partial charge in [0.05, 0.1) is 16.2 Å². The highest BCUT2D eigenvalue weighted by atomic mass is 35.5. The normalized spacial score (nSPS) is 18.1. The molecule has 1 aromatic carbocycles. The van der Waals surface area contributed by atoms with Gasteiger partial charge in [-0.2, -0.15) is 0 Å². The van der Waals surface area contributed by atoms with Crippen molar-refractivity contribution in [2.45, 2.75) is 38.1 Å². The Hall–Kier alpha value is -1.06. The number of aryl methyl sites for hydroxylation is 1. The molecule has 2 rings (SSSR count). The van der Waals surface area contributed by atoms with E-state index in [1.165, 1.54) is 0 Å². The highest BCUT2D eigenvalue weighted by Gasteiger charge is 2.37. The molecule has 4 heteroatoms. The first-order valence-electron chi connectivity index (χ1n) is 5.88. The first kappa shape index (κ1) is 12.4. The minimum absolute atomic E-state index is 0.123. The lowest BCUT2D eigenvalue weighted by Crippen LogP contribution is -2.48. The van der Waals surface area contributed by atoms with Crippen molar-refractivity contribution in [3.8, 4) is 0 Å². The van der Waals surface area contributed by atoms with Crippen molar-refractivity contribution in [1.29, 1.82) is 0 Å². The van der Waals surface area contributed by atoms with Crippen molar-refractivity contribution < 1.29 is 4.79 Å². The Morgan fingerprint density at radius 2 is 2.06 bits per heavy atom. The van der Waals surface area contributed by atoms with Crippen LogP contribution in [-0.4, -0.2) is 11.4 Å². The third-order valence-electron chi connectivity index (χ3n) is 3.32. The Labute approximate surface area is 106 Å². The maximum atomic E-state index is 12.1. The molecular weight excluding hydrogens is 236 g/mol. The molecule has 17 heavy (non-hydrogen) atoms. The molecule has 92 valence electrons. The molecule has 1 aliphatic rings. The van der Waals surface area contributed by atoms with Gasteiger partial charge in [0.15, 0.2) is 0 Å². The van der Waals surface area contributed by atoms with Gasteiger partial charge in [0.25, 0.3) is 0 Å². The quantitative estimate of drug-likeness (QED) is 0.850.